The molecule has 2 rings (SSSR count). The molecule has 1 atom stereocenters. The number of thiophene rings is 1. The van der Waals surface area contributed by atoms with E-state index in [0.717, 1.165) is 10.4 Å². The summed E-state index contributed by atoms with van der Waals surface area (Å²) < 4.78 is 10.1. The fourth-order valence-corrected chi connectivity index (χ4v) is 3.19. The minimum Gasteiger partial charge on any atom is -0.462 e. The number of hydrogen-bond acceptors (Lipinski definition) is 6. The molecule has 7 heteroatoms. The summed E-state index contributed by atoms with van der Waals surface area (Å²) in [5, 5.41) is 3.04. The van der Waals surface area contributed by atoms with Crippen molar-refractivity contribution in [3.05, 3.63) is 42.0 Å². The van der Waals surface area contributed by atoms with Crippen LogP contribution in [0.1, 0.15) is 37.6 Å². The summed E-state index contributed by atoms with van der Waals surface area (Å²) in [5.74, 6) is -1.48. The average Bonchev–Trinajstić information content (AvgIpc) is 3.06. The van der Waals surface area contributed by atoms with Gasteiger partial charge in [0.15, 0.2) is 6.10 Å². The molecule has 0 fully saturated rings. The Morgan fingerprint density at radius 2 is 1.85 bits per heavy atom. The molecule has 1 heterocycles. The number of anilines is 1. The van der Waals surface area contributed by atoms with Crippen molar-refractivity contribution in [2.45, 2.75) is 33.3 Å². The van der Waals surface area contributed by atoms with Crippen LogP contribution in [0, 0.1) is 0 Å². The fourth-order valence-electron chi connectivity index (χ4n) is 2.14. The van der Waals surface area contributed by atoms with Crippen LogP contribution >= 0.6 is 11.3 Å². The molecular formula is C19H21NO5S. The van der Waals surface area contributed by atoms with Gasteiger partial charge in [-0.1, -0.05) is 37.3 Å². The zero-order chi connectivity index (χ0) is 19.1. The van der Waals surface area contributed by atoms with Crippen LogP contribution in [-0.2, 0) is 19.1 Å². The molecule has 0 aliphatic rings. The number of esters is 2. The molecule has 26 heavy (non-hydrogen) atoms. The first-order chi connectivity index (χ1) is 12.5. The highest BCUT2D eigenvalue weighted by Crippen LogP contribution is 2.36. The lowest BCUT2D eigenvalue weighted by Gasteiger charge is -2.12. The maximum Gasteiger partial charge on any atom is 0.341 e. The van der Waals surface area contributed by atoms with Crippen molar-refractivity contribution in [1.29, 1.82) is 0 Å². The number of hydrogen-bond donors (Lipinski definition) is 1. The number of carbonyl (C=O) groups excluding carboxylic acids is 3. The van der Waals surface area contributed by atoms with E-state index in [2.05, 4.69) is 5.32 Å². The summed E-state index contributed by atoms with van der Waals surface area (Å²) in [5.41, 5.74) is 1.20. The number of carbonyl (C=O) groups is 3. The van der Waals surface area contributed by atoms with Gasteiger partial charge in [-0.2, -0.15) is 0 Å². The second-order valence-electron chi connectivity index (χ2n) is 5.41. The predicted octanol–water partition coefficient (Wildman–Crippen LogP) is 3.87. The van der Waals surface area contributed by atoms with Crippen LogP contribution in [0.2, 0.25) is 0 Å². The predicted molar refractivity (Wildman–Crippen MR) is 100 cm³/mol. The van der Waals surface area contributed by atoms with Gasteiger partial charge in [-0.15, -0.1) is 11.3 Å². The van der Waals surface area contributed by atoms with Crippen LogP contribution in [0.4, 0.5) is 5.00 Å². The van der Waals surface area contributed by atoms with Gasteiger partial charge < -0.3 is 14.8 Å². The third-order valence-corrected chi connectivity index (χ3v) is 4.59. The first kappa shape index (κ1) is 19.7. The van der Waals surface area contributed by atoms with E-state index >= 15 is 0 Å². The Balaban J connectivity index is 2.27. The van der Waals surface area contributed by atoms with Crippen molar-refractivity contribution in [2.75, 3.05) is 11.9 Å². The number of ether oxygens (including phenoxy) is 2. The molecule has 0 bridgehead atoms. The molecule has 1 unspecified atom stereocenters. The maximum absolute atomic E-state index is 12.3. The summed E-state index contributed by atoms with van der Waals surface area (Å²) in [4.78, 5) is 36.7. The van der Waals surface area contributed by atoms with Crippen LogP contribution in [0.3, 0.4) is 0 Å². The molecule has 1 N–H and O–H groups in total. The first-order valence-corrected chi connectivity index (χ1v) is 9.14. The summed E-state index contributed by atoms with van der Waals surface area (Å²) in [6.07, 6.45) is -0.775. The van der Waals surface area contributed by atoms with Gasteiger partial charge >= 0.3 is 11.9 Å². The van der Waals surface area contributed by atoms with E-state index in [1.807, 2.05) is 30.3 Å². The third-order valence-electron chi connectivity index (χ3n) is 3.49. The molecule has 1 aromatic heterocycles. The number of nitrogens with one attached hydrogen (secondary N) is 1. The Hall–Kier alpha value is -2.67. The number of benzene rings is 1. The highest BCUT2D eigenvalue weighted by Gasteiger charge is 2.23. The summed E-state index contributed by atoms with van der Waals surface area (Å²) in [6.45, 7) is 5.08. The normalized spacial score (nSPS) is 11.5. The Labute approximate surface area is 156 Å². The standard InChI is InChI=1S/C19H21NO5S/c1-4-16(21)25-12(3)17(22)20-18-14(19(23)24-5-2)11-15(26-18)13-9-7-6-8-10-13/h6-12H,4-5H2,1-3H3,(H,20,22). The Kier molecular flexibility index (Phi) is 6.91. The maximum atomic E-state index is 12.3. The lowest BCUT2D eigenvalue weighted by atomic mass is 10.1. The SMILES string of the molecule is CCOC(=O)c1cc(-c2ccccc2)sc1NC(=O)C(C)OC(=O)CC. The van der Waals surface area contributed by atoms with Gasteiger partial charge in [-0.25, -0.2) is 4.79 Å². The van der Waals surface area contributed by atoms with Crippen molar-refractivity contribution in [3.8, 4) is 10.4 Å². The van der Waals surface area contributed by atoms with Crippen LogP contribution < -0.4 is 5.32 Å². The fraction of sp³-hybridized carbons (Fsp3) is 0.316. The molecule has 1 amide bonds. The smallest absolute Gasteiger partial charge is 0.341 e. The minimum atomic E-state index is -0.959. The lowest BCUT2D eigenvalue weighted by molar-refractivity contribution is -0.152. The van der Waals surface area contributed by atoms with Crippen molar-refractivity contribution in [3.63, 3.8) is 0 Å². The van der Waals surface area contributed by atoms with Gasteiger partial charge in [0.05, 0.1) is 12.2 Å². The van der Waals surface area contributed by atoms with E-state index in [1.54, 1.807) is 19.9 Å². The van der Waals surface area contributed by atoms with E-state index < -0.39 is 23.9 Å². The molecule has 0 aliphatic heterocycles. The van der Waals surface area contributed by atoms with Crippen molar-refractivity contribution in [2.24, 2.45) is 0 Å². The second kappa shape index (κ2) is 9.15. The zero-order valence-corrected chi connectivity index (χ0v) is 15.7. The molecule has 138 valence electrons. The highest BCUT2D eigenvalue weighted by molar-refractivity contribution is 7.20. The average molecular weight is 375 g/mol. The van der Waals surface area contributed by atoms with Crippen LogP contribution in [0.15, 0.2) is 36.4 Å². The summed E-state index contributed by atoms with van der Waals surface area (Å²) >= 11 is 1.26. The van der Waals surface area contributed by atoms with Crippen molar-refractivity contribution >= 4 is 34.2 Å². The van der Waals surface area contributed by atoms with Crippen LogP contribution in [0.5, 0.6) is 0 Å². The van der Waals surface area contributed by atoms with E-state index in [9.17, 15) is 14.4 Å². The van der Waals surface area contributed by atoms with E-state index in [0.29, 0.717) is 5.00 Å². The van der Waals surface area contributed by atoms with Gasteiger partial charge in [0.1, 0.15) is 5.00 Å². The second-order valence-corrected chi connectivity index (χ2v) is 6.47. The quantitative estimate of drug-likeness (QED) is 0.743. The molecule has 6 nitrogen and oxygen atoms in total. The van der Waals surface area contributed by atoms with Gasteiger partial charge in [-0.05, 0) is 25.5 Å². The van der Waals surface area contributed by atoms with Crippen molar-refractivity contribution < 1.29 is 23.9 Å². The lowest BCUT2D eigenvalue weighted by Crippen LogP contribution is -2.30. The van der Waals surface area contributed by atoms with Crippen LogP contribution in [-0.4, -0.2) is 30.6 Å². The summed E-state index contributed by atoms with van der Waals surface area (Å²) in [7, 11) is 0. The molecule has 1 aromatic carbocycles. The molecule has 2 aromatic rings. The monoisotopic (exact) mass is 375 g/mol. The molecule has 0 radical (unpaired) electrons. The Bertz CT molecular complexity index is 784. The minimum absolute atomic E-state index is 0.183. The largest absolute Gasteiger partial charge is 0.462 e. The molecule has 0 saturated heterocycles. The highest BCUT2D eigenvalue weighted by atomic mass is 32.1. The topological polar surface area (TPSA) is 81.7 Å². The molecular weight excluding hydrogens is 354 g/mol. The molecule has 0 aliphatic carbocycles. The van der Waals surface area contributed by atoms with Crippen LogP contribution in [0.25, 0.3) is 10.4 Å². The first-order valence-electron chi connectivity index (χ1n) is 8.33. The summed E-state index contributed by atoms with van der Waals surface area (Å²) in [6, 6.07) is 11.2. The van der Waals surface area contributed by atoms with Gasteiger partial charge in [-0.3, -0.25) is 9.59 Å². The van der Waals surface area contributed by atoms with Gasteiger partial charge in [0, 0.05) is 11.3 Å². The number of amides is 1. The Morgan fingerprint density at radius 3 is 2.46 bits per heavy atom. The van der Waals surface area contributed by atoms with Gasteiger partial charge in [0.25, 0.3) is 5.91 Å². The van der Waals surface area contributed by atoms with Gasteiger partial charge in [0.2, 0.25) is 0 Å². The van der Waals surface area contributed by atoms with E-state index in [4.69, 9.17) is 9.47 Å². The Morgan fingerprint density at radius 1 is 1.15 bits per heavy atom. The third kappa shape index (κ3) is 4.92. The number of rotatable bonds is 7. The molecule has 0 saturated carbocycles. The zero-order valence-electron chi connectivity index (χ0n) is 14.9. The van der Waals surface area contributed by atoms with E-state index in [1.165, 1.54) is 18.3 Å². The van der Waals surface area contributed by atoms with Crippen molar-refractivity contribution in [1.82, 2.24) is 0 Å². The van der Waals surface area contributed by atoms with E-state index in [-0.39, 0.29) is 18.6 Å². The molecule has 0 spiro atoms.